The quantitative estimate of drug-likeness (QED) is 0.301. The molecule has 0 N–H and O–H groups in total. The summed E-state index contributed by atoms with van der Waals surface area (Å²) in [6.07, 6.45) is 2.18. The summed E-state index contributed by atoms with van der Waals surface area (Å²) < 4.78 is 4.66. The molecule has 2 aromatic heterocycles. The molecule has 0 fully saturated rings. The maximum absolute atomic E-state index is 13.7. The minimum Gasteiger partial charge on any atom is -0.320 e. The maximum atomic E-state index is 13.7. The van der Waals surface area contributed by atoms with Gasteiger partial charge in [0.05, 0.1) is 12.0 Å². The summed E-state index contributed by atoms with van der Waals surface area (Å²) >= 11 is 6.18. The van der Waals surface area contributed by atoms with Crippen LogP contribution >= 0.6 is 11.6 Å². The molecule has 182 valence electrons. The molecule has 0 bridgehead atoms. The van der Waals surface area contributed by atoms with Crippen molar-refractivity contribution in [3.63, 3.8) is 0 Å². The van der Waals surface area contributed by atoms with Crippen molar-refractivity contribution in [2.45, 2.75) is 39.3 Å². The molecule has 0 aliphatic rings. The highest BCUT2D eigenvalue weighted by molar-refractivity contribution is 6.30. The third kappa shape index (κ3) is 4.64. The van der Waals surface area contributed by atoms with E-state index in [2.05, 4.69) is 18.8 Å². The zero-order valence-electron chi connectivity index (χ0n) is 20.3. The second kappa shape index (κ2) is 9.99. The molecule has 2 heterocycles. The van der Waals surface area contributed by atoms with Crippen LogP contribution < -0.4 is 11.2 Å². The average Bonchev–Trinajstić information content (AvgIpc) is 3.28. The Labute approximate surface area is 214 Å². The third-order valence-corrected chi connectivity index (χ3v) is 6.66. The van der Waals surface area contributed by atoms with Gasteiger partial charge in [0.2, 0.25) is 0 Å². The van der Waals surface area contributed by atoms with Gasteiger partial charge in [-0.2, -0.15) is 0 Å². The van der Waals surface area contributed by atoms with Crippen LogP contribution in [0, 0.1) is 0 Å². The van der Waals surface area contributed by atoms with Crippen molar-refractivity contribution in [2.75, 3.05) is 0 Å². The van der Waals surface area contributed by atoms with Gasteiger partial charge in [0.15, 0.2) is 11.2 Å². The van der Waals surface area contributed by atoms with Gasteiger partial charge in [-0.15, -0.1) is 0 Å². The summed E-state index contributed by atoms with van der Waals surface area (Å²) in [7, 11) is 0. The molecule has 7 heteroatoms. The van der Waals surface area contributed by atoms with Gasteiger partial charge >= 0.3 is 5.69 Å². The van der Waals surface area contributed by atoms with Crippen LogP contribution in [0.2, 0.25) is 5.02 Å². The van der Waals surface area contributed by atoms with Gasteiger partial charge in [-0.05, 0) is 53.3 Å². The summed E-state index contributed by atoms with van der Waals surface area (Å²) in [5, 5.41) is 0.624. The first-order valence-electron chi connectivity index (χ1n) is 12.0. The summed E-state index contributed by atoms with van der Waals surface area (Å²) in [6, 6.07) is 25.2. The van der Waals surface area contributed by atoms with E-state index in [4.69, 9.17) is 11.6 Å². The lowest BCUT2D eigenvalue weighted by atomic mass is 10.0. The van der Waals surface area contributed by atoms with Crippen LogP contribution in [-0.4, -0.2) is 18.7 Å². The predicted octanol–water partition coefficient (Wildman–Crippen LogP) is 5.42. The van der Waals surface area contributed by atoms with Crippen molar-refractivity contribution in [3.05, 3.63) is 128 Å². The predicted molar refractivity (Wildman–Crippen MR) is 144 cm³/mol. The Hall–Kier alpha value is -3.90. The number of benzene rings is 3. The molecule has 0 saturated heterocycles. The number of imidazole rings is 1. The van der Waals surface area contributed by atoms with E-state index >= 15 is 0 Å². The number of rotatable bonds is 7. The Bertz CT molecular complexity index is 1630. The zero-order valence-corrected chi connectivity index (χ0v) is 21.0. The lowest BCUT2D eigenvalue weighted by Gasteiger charge is -2.14. The fraction of sp³-hybridized carbons (Fsp3) is 0.207. The summed E-state index contributed by atoms with van der Waals surface area (Å²) in [5.74, 6) is 0.368. The average molecular weight is 499 g/mol. The maximum Gasteiger partial charge on any atom is 0.337 e. The van der Waals surface area contributed by atoms with E-state index in [1.54, 1.807) is 15.5 Å². The first-order valence-corrected chi connectivity index (χ1v) is 12.4. The van der Waals surface area contributed by atoms with Gasteiger partial charge in [0.1, 0.15) is 0 Å². The molecule has 0 unspecified atom stereocenters. The van der Waals surface area contributed by atoms with E-state index in [0.29, 0.717) is 40.8 Å². The molecule has 0 saturated carbocycles. The third-order valence-electron chi connectivity index (χ3n) is 6.43. The Morgan fingerprint density at radius 1 is 0.889 bits per heavy atom. The summed E-state index contributed by atoms with van der Waals surface area (Å²) in [5.41, 5.74) is 3.84. The Morgan fingerprint density at radius 3 is 2.31 bits per heavy atom. The lowest BCUT2D eigenvalue weighted by Crippen LogP contribution is -2.40. The Balaban J connectivity index is 1.68. The van der Waals surface area contributed by atoms with Gasteiger partial charge in [0, 0.05) is 18.1 Å². The summed E-state index contributed by atoms with van der Waals surface area (Å²) in [6.45, 7) is 4.93. The number of fused-ring (bicyclic) bond motifs is 1. The topological polar surface area (TPSA) is 61.8 Å². The van der Waals surface area contributed by atoms with Crippen LogP contribution in [0.5, 0.6) is 0 Å². The number of halogens is 1. The number of nitrogens with zero attached hydrogens (tertiary/aromatic N) is 4. The zero-order chi connectivity index (χ0) is 25.2. The molecule has 0 atom stereocenters. The Morgan fingerprint density at radius 2 is 1.61 bits per heavy atom. The number of aromatic nitrogens is 4. The van der Waals surface area contributed by atoms with Crippen LogP contribution in [0.1, 0.15) is 36.5 Å². The van der Waals surface area contributed by atoms with Gasteiger partial charge in [0.25, 0.3) is 5.56 Å². The number of aryl methyl sites for hydroxylation is 1. The minimum atomic E-state index is -0.395. The molecule has 0 spiro atoms. The number of hydrogen-bond acceptors (Lipinski definition) is 3. The van der Waals surface area contributed by atoms with Crippen molar-refractivity contribution in [3.8, 4) is 5.69 Å². The largest absolute Gasteiger partial charge is 0.337 e. The van der Waals surface area contributed by atoms with Gasteiger partial charge in [-0.1, -0.05) is 80.0 Å². The molecule has 0 radical (unpaired) electrons. The van der Waals surface area contributed by atoms with Crippen molar-refractivity contribution in [1.82, 2.24) is 18.7 Å². The minimum absolute atomic E-state index is 0.268. The highest BCUT2D eigenvalue weighted by Gasteiger charge is 2.19. The van der Waals surface area contributed by atoms with Crippen LogP contribution in [-0.2, 0) is 19.5 Å². The number of hydrogen-bond donors (Lipinski definition) is 0. The van der Waals surface area contributed by atoms with E-state index in [0.717, 1.165) is 11.1 Å². The van der Waals surface area contributed by atoms with E-state index in [1.807, 2.05) is 78.9 Å². The standard InChI is InChI=1S/C29H27ClN4O2/c1-20(2)23-11-13-25(14-12-23)34-27-26(32(19-31-27)18-22-9-6-10-24(30)17-22)28(35)33(29(34)36)16-15-21-7-4-3-5-8-21/h3-14,17,19-20H,15-16,18H2,1-2H3. The monoisotopic (exact) mass is 498 g/mol. The van der Waals surface area contributed by atoms with Crippen LogP contribution in [0.4, 0.5) is 0 Å². The van der Waals surface area contributed by atoms with E-state index in [-0.39, 0.29) is 12.1 Å². The smallest absolute Gasteiger partial charge is 0.320 e. The highest BCUT2D eigenvalue weighted by Crippen LogP contribution is 2.19. The molecule has 36 heavy (non-hydrogen) atoms. The second-order valence-corrected chi connectivity index (χ2v) is 9.67. The molecule has 5 aromatic rings. The van der Waals surface area contributed by atoms with E-state index < -0.39 is 5.69 Å². The second-order valence-electron chi connectivity index (χ2n) is 9.23. The molecule has 6 nitrogen and oxygen atoms in total. The fourth-order valence-corrected chi connectivity index (χ4v) is 4.67. The SMILES string of the molecule is CC(C)c1ccc(-n2c(=O)n(CCc3ccccc3)c(=O)c3c2ncn3Cc2cccc(Cl)c2)cc1. The molecular weight excluding hydrogens is 472 g/mol. The molecule has 0 aliphatic carbocycles. The van der Waals surface area contributed by atoms with Crippen LogP contribution in [0.25, 0.3) is 16.9 Å². The van der Waals surface area contributed by atoms with Gasteiger partial charge < -0.3 is 4.57 Å². The van der Waals surface area contributed by atoms with Crippen molar-refractivity contribution in [1.29, 1.82) is 0 Å². The normalized spacial score (nSPS) is 11.4. The highest BCUT2D eigenvalue weighted by atomic mass is 35.5. The van der Waals surface area contributed by atoms with Crippen LogP contribution in [0.15, 0.2) is 94.8 Å². The van der Waals surface area contributed by atoms with Crippen molar-refractivity contribution in [2.24, 2.45) is 0 Å². The first kappa shape index (κ1) is 23.8. The fourth-order valence-electron chi connectivity index (χ4n) is 4.46. The van der Waals surface area contributed by atoms with Crippen molar-refractivity contribution >= 4 is 22.8 Å². The molecular formula is C29H27ClN4O2. The molecule has 5 rings (SSSR count). The first-order chi connectivity index (χ1) is 17.4. The molecule has 3 aromatic carbocycles. The lowest BCUT2D eigenvalue weighted by molar-refractivity contribution is 0.615. The Kier molecular flexibility index (Phi) is 6.61. The molecule has 0 amide bonds. The van der Waals surface area contributed by atoms with Crippen molar-refractivity contribution < 1.29 is 0 Å². The van der Waals surface area contributed by atoms with E-state index in [9.17, 15) is 9.59 Å². The van der Waals surface area contributed by atoms with Crippen LogP contribution in [0.3, 0.4) is 0 Å². The van der Waals surface area contributed by atoms with Gasteiger partial charge in [-0.25, -0.2) is 14.3 Å². The van der Waals surface area contributed by atoms with Gasteiger partial charge in [-0.3, -0.25) is 9.36 Å². The van der Waals surface area contributed by atoms with E-state index in [1.165, 1.54) is 10.1 Å². The summed E-state index contributed by atoms with van der Waals surface area (Å²) in [4.78, 5) is 31.9. The molecule has 0 aliphatic heterocycles.